The number of fused-ring (bicyclic) bond motifs is 1. The van der Waals surface area contributed by atoms with Gasteiger partial charge in [-0.25, -0.2) is 4.98 Å². The van der Waals surface area contributed by atoms with Crippen LogP contribution in [0.15, 0.2) is 71.9 Å². The number of benzene rings is 2. The Hall–Kier alpha value is -4.24. The van der Waals surface area contributed by atoms with E-state index < -0.39 is 0 Å². The van der Waals surface area contributed by atoms with E-state index >= 15 is 0 Å². The zero-order valence-electron chi connectivity index (χ0n) is 17.9. The minimum atomic E-state index is -0.173. The Labute approximate surface area is 198 Å². The summed E-state index contributed by atoms with van der Waals surface area (Å²) in [5.41, 5.74) is 11.6. The number of imidazole rings is 1. The van der Waals surface area contributed by atoms with Gasteiger partial charge in [0.25, 0.3) is 5.56 Å². The second-order valence-electron chi connectivity index (χ2n) is 8.18. The predicted octanol–water partition coefficient (Wildman–Crippen LogP) is 3.65. The van der Waals surface area contributed by atoms with E-state index in [-0.39, 0.29) is 11.6 Å². The Kier molecular flexibility index (Phi) is 4.77. The molecule has 0 bridgehead atoms. The van der Waals surface area contributed by atoms with Gasteiger partial charge in [0.15, 0.2) is 0 Å². The van der Waals surface area contributed by atoms with Crippen molar-refractivity contribution in [2.75, 3.05) is 5.73 Å². The number of rotatable bonds is 4. The second kappa shape index (κ2) is 7.96. The minimum Gasteiger partial charge on any atom is -0.398 e. The Morgan fingerprint density at radius 2 is 1.97 bits per heavy atom. The van der Waals surface area contributed by atoms with Crippen molar-refractivity contribution in [1.82, 2.24) is 34.7 Å². The number of nitrogens with zero attached hydrogens (tertiary/aromatic N) is 6. The van der Waals surface area contributed by atoms with E-state index in [1.54, 1.807) is 23.0 Å². The van der Waals surface area contributed by atoms with Gasteiger partial charge in [-0.2, -0.15) is 4.68 Å². The molecule has 0 radical (unpaired) electrons. The molecule has 3 N–H and O–H groups in total. The Morgan fingerprint density at radius 3 is 2.79 bits per heavy atom. The van der Waals surface area contributed by atoms with E-state index in [2.05, 4.69) is 25.5 Å². The fourth-order valence-corrected chi connectivity index (χ4v) is 4.78. The molecule has 34 heavy (non-hydrogen) atoms. The van der Waals surface area contributed by atoms with Crippen molar-refractivity contribution in [3.63, 3.8) is 0 Å². The highest BCUT2D eigenvalue weighted by molar-refractivity contribution is 6.31. The SMILES string of the molecule is Nc1ccccc1-c1cnc([C@@H]2CCc3cc(-c4cc(Cl)ccc4-n4cnnn4)cc(=O)n32)[nH]1. The van der Waals surface area contributed by atoms with Crippen LogP contribution in [0.4, 0.5) is 5.69 Å². The first-order valence-corrected chi connectivity index (χ1v) is 11.1. The van der Waals surface area contributed by atoms with Crippen LogP contribution in [-0.4, -0.2) is 34.7 Å². The lowest BCUT2D eigenvalue weighted by molar-refractivity contribution is 0.572. The first kappa shape index (κ1) is 20.4. The van der Waals surface area contributed by atoms with Crippen molar-refractivity contribution in [1.29, 1.82) is 0 Å². The fraction of sp³-hybridized carbons (Fsp3) is 0.125. The fourth-order valence-electron chi connectivity index (χ4n) is 4.61. The molecule has 0 saturated carbocycles. The average molecular weight is 471 g/mol. The Bertz CT molecular complexity index is 1570. The highest BCUT2D eigenvalue weighted by atomic mass is 35.5. The molecule has 0 fully saturated rings. The molecule has 10 heteroatoms. The van der Waals surface area contributed by atoms with Crippen LogP contribution in [0, 0.1) is 0 Å². The quantitative estimate of drug-likeness (QED) is 0.387. The number of H-pyrrole nitrogens is 1. The molecule has 0 amide bonds. The summed E-state index contributed by atoms with van der Waals surface area (Å²) >= 11 is 6.29. The summed E-state index contributed by atoms with van der Waals surface area (Å²) in [6, 6.07) is 16.5. The van der Waals surface area contributed by atoms with Crippen LogP contribution in [0.3, 0.4) is 0 Å². The Balaban J connectivity index is 1.40. The molecule has 0 aliphatic carbocycles. The van der Waals surface area contributed by atoms with Gasteiger partial charge in [-0.05, 0) is 59.2 Å². The minimum absolute atomic E-state index is 0.102. The van der Waals surface area contributed by atoms with E-state index in [9.17, 15) is 4.79 Å². The van der Waals surface area contributed by atoms with Gasteiger partial charge >= 0.3 is 0 Å². The van der Waals surface area contributed by atoms with Crippen LogP contribution in [0.5, 0.6) is 0 Å². The molecule has 0 spiro atoms. The number of tetrazole rings is 1. The molecule has 168 valence electrons. The molecular formula is C24H19ClN8O. The van der Waals surface area contributed by atoms with Crippen molar-refractivity contribution < 1.29 is 0 Å². The number of aromatic amines is 1. The van der Waals surface area contributed by atoms with Gasteiger partial charge < -0.3 is 15.3 Å². The maximum Gasteiger partial charge on any atom is 0.252 e. The predicted molar refractivity (Wildman–Crippen MR) is 129 cm³/mol. The summed E-state index contributed by atoms with van der Waals surface area (Å²) in [4.78, 5) is 21.3. The number of halogens is 1. The third-order valence-electron chi connectivity index (χ3n) is 6.16. The first-order chi connectivity index (χ1) is 16.6. The van der Waals surface area contributed by atoms with Crippen LogP contribution in [0.1, 0.15) is 24.0 Å². The molecule has 1 aliphatic rings. The lowest BCUT2D eigenvalue weighted by Crippen LogP contribution is -2.23. The van der Waals surface area contributed by atoms with Gasteiger partial charge in [-0.3, -0.25) is 4.79 Å². The van der Waals surface area contributed by atoms with Crippen LogP contribution < -0.4 is 11.3 Å². The molecular weight excluding hydrogens is 452 g/mol. The summed E-state index contributed by atoms with van der Waals surface area (Å²) in [5, 5.41) is 12.0. The van der Waals surface area contributed by atoms with Gasteiger partial charge in [0.05, 0.1) is 23.6 Å². The lowest BCUT2D eigenvalue weighted by Gasteiger charge is -2.15. The van der Waals surface area contributed by atoms with Crippen molar-refractivity contribution in [3.8, 4) is 28.1 Å². The van der Waals surface area contributed by atoms with Crippen LogP contribution in [0.25, 0.3) is 28.1 Å². The highest BCUT2D eigenvalue weighted by Gasteiger charge is 2.28. The van der Waals surface area contributed by atoms with E-state index in [4.69, 9.17) is 17.3 Å². The number of nitrogens with two attached hydrogens (primary N) is 1. The third-order valence-corrected chi connectivity index (χ3v) is 6.40. The van der Waals surface area contributed by atoms with Gasteiger partial charge in [0.1, 0.15) is 12.2 Å². The smallest absolute Gasteiger partial charge is 0.252 e. The number of aryl methyl sites for hydroxylation is 1. The summed E-state index contributed by atoms with van der Waals surface area (Å²) in [7, 11) is 0. The highest BCUT2D eigenvalue weighted by Crippen LogP contribution is 2.34. The molecule has 3 aromatic heterocycles. The maximum absolute atomic E-state index is 13.3. The number of pyridine rings is 1. The van der Waals surface area contributed by atoms with Crippen LogP contribution in [-0.2, 0) is 6.42 Å². The number of anilines is 1. The average Bonchev–Trinajstić information content (AvgIpc) is 3.60. The monoisotopic (exact) mass is 470 g/mol. The standard InChI is InChI=1S/C24H19ClN8O/c25-15-5-7-21(32-13-28-30-31-32)18(11-15)14-9-16-6-8-22(33(16)23(34)10-14)24-27-12-20(29-24)17-3-1-2-4-19(17)26/h1-5,7,9-13,22H,6,8,26H2,(H,27,29)/t22-/m0/s1. The van der Waals surface area contributed by atoms with Gasteiger partial charge in [-0.1, -0.05) is 29.8 Å². The second-order valence-corrected chi connectivity index (χ2v) is 8.62. The zero-order valence-corrected chi connectivity index (χ0v) is 18.6. The molecule has 1 atom stereocenters. The molecule has 9 nitrogen and oxygen atoms in total. The summed E-state index contributed by atoms with van der Waals surface area (Å²) in [5.74, 6) is 0.740. The summed E-state index contributed by atoms with van der Waals surface area (Å²) in [6.07, 6.45) is 4.79. The van der Waals surface area contributed by atoms with Crippen LogP contribution in [0.2, 0.25) is 5.02 Å². The number of hydrogen-bond donors (Lipinski definition) is 2. The van der Waals surface area contributed by atoms with Gasteiger partial charge in [0.2, 0.25) is 0 Å². The number of nitrogens with one attached hydrogen (secondary N) is 1. The molecule has 5 aromatic rings. The number of nitrogen functional groups attached to an aromatic ring is 1. The third kappa shape index (κ3) is 3.37. The number of para-hydroxylation sites is 1. The zero-order chi connectivity index (χ0) is 23.2. The molecule has 1 aliphatic heterocycles. The summed E-state index contributed by atoms with van der Waals surface area (Å²) in [6.45, 7) is 0. The van der Waals surface area contributed by atoms with E-state index in [1.165, 1.54) is 6.33 Å². The lowest BCUT2D eigenvalue weighted by atomic mass is 10.0. The normalized spacial score (nSPS) is 14.9. The van der Waals surface area contributed by atoms with Crippen molar-refractivity contribution in [2.24, 2.45) is 0 Å². The molecule has 6 rings (SSSR count). The topological polar surface area (TPSA) is 120 Å². The van der Waals surface area contributed by atoms with E-state index in [0.717, 1.165) is 52.4 Å². The Morgan fingerprint density at radius 1 is 1.09 bits per heavy atom. The van der Waals surface area contributed by atoms with Gasteiger partial charge in [-0.15, -0.1) is 5.10 Å². The first-order valence-electron chi connectivity index (χ1n) is 10.8. The molecule has 2 aromatic carbocycles. The summed E-state index contributed by atoms with van der Waals surface area (Å²) < 4.78 is 3.36. The number of aromatic nitrogens is 7. The van der Waals surface area contributed by atoms with Crippen molar-refractivity contribution in [2.45, 2.75) is 18.9 Å². The van der Waals surface area contributed by atoms with Crippen molar-refractivity contribution >= 4 is 17.3 Å². The molecule has 0 unspecified atom stereocenters. The van der Waals surface area contributed by atoms with Crippen molar-refractivity contribution in [3.05, 3.63) is 94.0 Å². The van der Waals surface area contributed by atoms with Gasteiger partial charge in [0, 0.05) is 33.6 Å². The van der Waals surface area contributed by atoms with E-state index in [1.807, 2.05) is 47.0 Å². The molecule has 0 saturated heterocycles. The number of hydrogen-bond acceptors (Lipinski definition) is 6. The van der Waals surface area contributed by atoms with Crippen LogP contribution >= 0.6 is 11.6 Å². The van der Waals surface area contributed by atoms with E-state index in [0.29, 0.717) is 10.7 Å². The molecule has 4 heterocycles. The maximum atomic E-state index is 13.3. The largest absolute Gasteiger partial charge is 0.398 e.